The summed E-state index contributed by atoms with van der Waals surface area (Å²) in [6.45, 7) is 8.93. The van der Waals surface area contributed by atoms with E-state index in [1.54, 1.807) is 0 Å². The maximum Gasteiger partial charge on any atom is 0.0735 e. The zero-order chi connectivity index (χ0) is 11.9. The van der Waals surface area contributed by atoms with Crippen molar-refractivity contribution < 1.29 is 5.11 Å². The molecule has 0 heterocycles. The number of allylic oxidation sites excluding steroid dienone is 1. The van der Waals surface area contributed by atoms with Gasteiger partial charge in [-0.1, -0.05) is 32.4 Å². The normalized spacial score (nSPS) is 44.1. The highest BCUT2D eigenvalue weighted by Crippen LogP contribution is 2.50. The van der Waals surface area contributed by atoms with Gasteiger partial charge in [0.25, 0.3) is 0 Å². The summed E-state index contributed by atoms with van der Waals surface area (Å²) in [4.78, 5) is 0. The minimum Gasteiger partial charge on any atom is -0.389 e. The van der Waals surface area contributed by atoms with Gasteiger partial charge in [-0.05, 0) is 50.4 Å². The van der Waals surface area contributed by atoms with Crippen molar-refractivity contribution in [1.82, 2.24) is 0 Å². The molecule has 0 aromatic rings. The van der Waals surface area contributed by atoms with E-state index in [0.29, 0.717) is 17.8 Å². The zero-order valence-electron chi connectivity index (χ0n) is 11.2. The molecular weight excluding hydrogens is 196 g/mol. The fourth-order valence-corrected chi connectivity index (χ4v) is 3.75. The number of fused-ring (bicyclic) bond motifs is 1. The van der Waals surface area contributed by atoms with Crippen molar-refractivity contribution in [2.45, 2.75) is 59.0 Å². The van der Waals surface area contributed by atoms with Crippen molar-refractivity contribution in [3.8, 4) is 0 Å². The molecule has 1 heteroatoms. The van der Waals surface area contributed by atoms with E-state index in [9.17, 15) is 5.11 Å². The van der Waals surface area contributed by atoms with Gasteiger partial charge in [0.2, 0.25) is 0 Å². The molecule has 92 valence electrons. The molecule has 0 aromatic carbocycles. The second kappa shape index (κ2) is 4.18. The van der Waals surface area contributed by atoms with Gasteiger partial charge in [-0.15, -0.1) is 0 Å². The van der Waals surface area contributed by atoms with Crippen LogP contribution in [-0.2, 0) is 0 Å². The van der Waals surface area contributed by atoms with Crippen LogP contribution in [0.15, 0.2) is 11.6 Å². The van der Waals surface area contributed by atoms with Gasteiger partial charge in [0.1, 0.15) is 0 Å². The summed E-state index contributed by atoms with van der Waals surface area (Å²) in [7, 11) is 0. The van der Waals surface area contributed by atoms with Crippen molar-refractivity contribution >= 4 is 0 Å². The van der Waals surface area contributed by atoms with Gasteiger partial charge in [0, 0.05) is 5.92 Å². The molecule has 0 aromatic heterocycles. The van der Waals surface area contributed by atoms with E-state index in [2.05, 4.69) is 33.8 Å². The highest BCUT2D eigenvalue weighted by Gasteiger charge is 2.48. The molecule has 1 fully saturated rings. The van der Waals surface area contributed by atoms with Crippen LogP contribution in [0.5, 0.6) is 0 Å². The molecule has 0 amide bonds. The Balaban J connectivity index is 2.32. The third kappa shape index (κ3) is 1.84. The first-order chi connectivity index (χ1) is 7.45. The lowest BCUT2D eigenvalue weighted by molar-refractivity contribution is -0.107. The van der Waals surface area contributed by atoms with Crippen molar-refractivity contribution in [1.29, 1.82) is 0 Å². The predicted molar refractivity (Wildman–Crippen MR) is 68.2 cm³/mol. The van der Waals surface area contributed by atoms with Gasteiger partial charge in [0.15, 0.2) is 0 Å². The van der Waals surface area contributed by atoms with Gasteiger partial charge in [-0.25, -0.2) is 0 Å². The van der Waals surface area contributed by atoms with E-state index in [1.165, 1.54) is 24.8 Å². The minimum atomic E-state index is -0.446. The number of hydrogen-bond acceptors (Lipinski definition) is 1. The van der Waals surface area contributed by atoms with Crippen molar-refractivity contribution in [2.75, 3.05) is 0 Å². The fraction of sp³-hybridized carbons (Fsp3) is 0.867. The van der Waals surface area contributed by atoms with Crippen LogP contribution >= 0.6 is 0 Å². The quantitative estimate of drug-likeness (QED) is 0.669. The topological polar surface area (TPSA) is 20.2 Å². The lowest BCUT2D eigenvalue weighted by Gasteiger charge is -2.50. The van der Waals surface area contributed by atoms with Crippen molar-refractivity contribution in [3.05, 3.63) is 11.6 Å². The number of rotatable bonds is 1. The maximum absolute atomic E-state index is 10.9. The van der Waals surface area contributed by atoms with Crippen LogP contribution in [-0.4, -0.2) is 10.7 Å². The number of aliphatic hydroxyl groups is 1. The molecule has 0 radical (unpaired) electrons. The van der Waals surface area contributed by atoms with Crippen LogP contribution in [0.1, 0.15) is 53.4 Å². The second-order valence-electron chi connectivity index (χ2n) is 6.40. The standard InChI is InChI=1S/C15H26O/c1-10(2)15(16)8-7-12(4)13-6-5-11(3)9-14(13)15/h9-10,12-14,16H,5-8H2,1-4H3/t12?,13?,14-,15?/m0/s1. The van der Waals surface area contributed by atoms with Crippen molar-refractivity contribution in [2.24, 2.45) is 23.7 Å². The van der Waals surface area contributed by atoms with Crippen LogP contribution in [0.2, 0.25) is 0 Å². The first-order valence-corrected chi connectivity index (χ1v) is 6.85. The molecule has 1 N–H and O–H groups in total. The summed E-state index contributed by atoms with van der Waals surface area (Å²) in [6, 6.07) is 0. The molecule has 1 nitrogen and oxygen atoms in total. The smallest absolute Gasteiger partial charge is 0.0735 e. The summed E-state index contributed by atoms with van der Waals surface area (Å²) in [6.07, 6.45) is 7.08. The monoisotopic (exact) mass is 222 g/mol. The third-order valence-electron chi connectivity index (χ3n) is 5.11. The van der Waals surface area contributed by atoms with Gasteiger partial charge in [0.05, 0.1) is 5.60 Å². The summed E-state index contributed by atoms with van der Waals surface area (Å²) in [5.74, 6) is 2.28. The van der Waals surface area contributed by atoms with Crippen LogP contribution in [0, 0.1) is 23.7 Å². The summed E-state index contributed by atoms with van der Waals surface area (Å²) >= 11 is 0. The molecule has 0 saturated heterocycles. The average Bonchev–Trinajstić information content (AvgIpc) is 2.23. The fourth-order valence-electron chi connectivity index (χ4n) is 3.75. The first-order valence-electron chi connectivity index (χ1n) is 6.85. The molecule has 3 unspecified atom stereocenters. The van der Waals surface area contributed by atoms with E-state index in [0.717, 1.165) is 12.3 Å². The van der Waals surface area contributed by atoms with E-state index in [-0.39, 0.29) is 0 Å². The molecule has 16 heavy (non-hydrogen) atoms. The molecule has 0 bridgehead atoms. The van der Waals surface area contributed by atoms with Gasteiger partial charge >= 0.3 is 0 Å². The third-order valence-corrected chi connectivity index (χ3v) is 5.11. The summed E-state index contributed by atoms with van der Waals surface area (Å²) < 4.78 is 0. The lowest BCUT2D eigenvalue weighted by Crippen LogP contribution is -2.51. The lowest BCUT2D eigenvalue weighted by atomic mass is 9.58. The Morgan fingerprint density at radius 2 is 2.06 bits per heavy atom. The summed E-state index contributed by atoms with van der Waals surface area (Å²) in [5, 5.41) is 10.9. The Hall–Kier alpha value is -0.300. The van der Waals surface area contributed by atoms with Crippen LogP contribution in [0.3, 0.4) is 0 Å². The molecule has 2 rings (SSSR count). The molecule has 4 atom stereocenters. The number of hydrogen-bond donors (Lipinski definition) is 1. The highest BCUT2D eigenvalue weighted by molar-refractivity contribution is 5.15. The Labute approximate surface area is 99.9 Å². The van der Waals surface area contributed by atoms with E-state index in [1.807, 2.05) is 0 Å². The van der Waals surface area contributed by atoms with Gasteiger partial charge in [-0.2, -0.15) is 0 Å². The van der Waals surface area contributed by atoms with Crippen LogP contribution < -0.4 is 0 Å². The predicted octanol–water partition coefficient (Wildman–Crippen LogP) is 3.78. The second-order valence-corrected chi connectivity index (χ2v) is 6.40. The van der Waals surface area contributed by atoms with Crippen LogP contribution in [0.25, 0.3) is 0 Å². The highest BCUT2D eigenvalue weighted by atomic mass is 16.3. The maximum atomic E-state index is 10.9. The Kier molecular flexibility index (Phi) is 3.18. The van der Waals surface area contributed by atoms with Crippen molar-refractivity contribution in [3.63, 3.8) is 0 Å². The van der Waals surface area contributed by atoms with E-state index >= 15 is 0 Å². The molecule has 2 aliphatic rings. The minimum absolute atomic E-state index is 0.370. The largest absolute Gasteiger partial charge is 0.389 e. The Bertz CT molecular complexity index is 292. The zero-order valence-corrected chi connectivity index (χ0v) is 11.2. The molecule has 1 saturated carbocycles. The molecule has 0 aliphatic heterocycles. The molecular formula is C15H26O. The SMILES string of the molecule is CC1=C[C@H]2C(CC1)C(C)CCC2(O)C(C)C. The molecule has 0 spiro atoms. The summed E-state index contributed by atoms with van der Waals surface area (Å²) in [5.41, 5.74) is 1.04. The van der Waals surface area contributed by atoms with Gasteiger partial charge < -0.3 is 5.11 Å². The van der Waals surface area contributed by atoms with E-state index in [4.69, 9.17) is 0 Å². The molecule has 2 aliphatic carbocycles. The Morgan fingerprint density at radius 1 is 1.38 bits per heavy atom. The first kappa shape index (κ1) is 12.2. The average molecular weight is 222 g/mol. The van der Waals surface area contributed by atoms with Crippen LogP contribution in [0.4, 0.5) is 0 Å². The Morgan fingerprint density at radius 3 is 2.69 bits per heavy atom. The van der Waals surface area contributed by atoms with E-state index < -0.39 is 5.60 Å². The van der Waals surface area contributed by atoms with Gasteiger partial charge in [-0.3, -0.25) is 0 Å².